The third kappa shape index (κ3) is 3.43. The fraction of sp³-hybridized carbons (Fsp3) is 0.0769. The Bertz CT molecular complexity index is 689. The van der Waals surface area contributed by atoms with Crippen molar-refractivity contribution >= 4 is 17.6 Å². The second-order valence-electron chi connectivity index (χ2n) is 3.90. The molecule has 1 heterocycles. The van der Waals surface area contributed by atoms with Gasteiger partial charge in [0.05, 0.1) is 10.6 Å². The van der Waals surface area contributed by atoms with Crippen LogP contribution in [-0.2, 0) is 6.18 Å². The topological polar surface area (TPSA) is 59.4 Å². The SMILES string of the molecule is O=C(O)c1cccnc1Oc1ccc(Cl)c(C(F)(F)F)c1. The van der Waals surface area contributed by atoms with Gasteiger partial charge >= 0.3 is 12.1 Å². The van der Waals surface area contributed by atoms with E-state index in [-0.39, 0.29) is 17.2 Å². The summed E-state index contributed by atoms with van der Waals surface area (Å²) in [5.74, 6) is -1.82. The van der Waals surface area contributed by atoms with Crippen molar-refractivity contribution in [2.45, 2.75) is 6.18 Å². The molecule has 2 rings (SSSR count). The Kier molecular flexibility index (Phi) is 4.04. The van der Waals surface area contributed by atoms with Gasteiger partial charge in [0.2, 0.25) is 5.88 Å². The minimum Gasteiger partial charge on any atom is -0.477 e. The average molecular weight is 318 g/mol. The highest BCUT2D eigenvalue weighted by Gasteiger charge is 2.33. The Morgan fingerprint density at radius 2 is 2.00 bits per heavy atom. The van der Waals surface area contributed by atoms with Gasteiger partial charge in [0.1, 0.15) is 11.3 Å². The maximum absolute atomic E-state index is 12.7. The standard InChI is InChI=1S/C13H7ClF3NO3/c14-10-4-3-7(6-9(10)13(15,16)17)21-11-8(12(19)20)2-1-5-18-11/h1-6H,(H,19,20). The molecule has 110 valence electrons. The first kappa shape index (κ1) is 15.1. The number of aromatic carboxylic acids is 1. The monoisotopic (exact) mass is 317 g/mol. The highest BCUT2D eigenvalue weighted by Crippen LogP contribution is 2.37. The lowest BCUT2D eigenvalue weighted by atomic mass is 10.2. The van der Waals surface area contributed by atoms with Crippen molar-refractivity contribution in [3.8, 4) is 11.6 Å². The van der Waals surface area contributed by atoms with Crippen LogP contribution in [0, 0.1) is 0 Å². The van der Waals surface area contributed by atoms with Crippen molar-refractivity contribution in [1.29, 1.82) is 0 Å². The summed E-state index contributed by atoms with van der Waals surface area (Å²) in [5.41, 5.74) is -1.34. The molecule has 2 aromatic rings. The average Bonchev–Trinajstić information content (AvgIpc) is 2.40. The number of nitrogens with zero attached hydrogens (tertiary/aromatic N) is 1. The molecule has 0 aliphatic heterocycles. The van der Waals surface area contributed by atoms with E-state index < -0.39 is 22.7 Å². The number of carbonyl (C=O) groups is 1. The summed E-state index contributed by atoms with van der Waals surface area (Å²) in [6.45, 7) is 0. The minimum atomic E-state index is -4.64. The fourth-order valence-electron chi connectivity index (χ4n) is 1.53. The molecule has 21 heavy (non-hydrogen) atoms. The molecule has 1 aromatic heterocycles. The third-order valence-electron chi connectivity index (χ3n) is 2.46. The van der Waals surface area contributed by atoms with Gasteiger partial charge in [-0.25, -0.2) is 9.78 Å². The lowest BCUT2D eigenvalue weighted by Crippen LogP contribution is -2.06. The van der Waals surface area contributed by atoms with Crippen LogP contribution in [0.5, 0.6) is 11.6 Å². The largest absolute Gasteiger partial charge is 0.477 e. The van der Waals surface area contributed by atoms with Crippen LogP contribution in [0.2, 0.25) is 5.02 Å². The van der Waals surface area contributed by atoms with Crippen LogP contribution in [-0.4, -0.2) is 16.1 Å². The predicted octanol–water partition coefficient (Wildman–Crippen LogP) is 4.24. The van der Waals surface area contributed by atoms with Gasteiger partial charge in [-0.05, 0) is 30.3 Å². The summed E-state index contributed by atoms with van der Waals surface area (Å²) < 4.78 is 43.3. The molecule has 1 aromatic carbocycles. The highest BCUT2D eigenvalue weighted by atomic mass is 35.5. The number of hydrogen-bond donors (Lipinski definition) is 1. The second kappa shape index (κ2) is 5.61. The van der Waals surface area contributed by atoms with E-state index in [4.69, 9.17) is 21.4 Å². The Hall–Kier alpha value is -2.28. The lowest BCUT2D eigenvalue weighted by Gasteiger charge is -2.12. The van der Waals surface area contributed by atoms with Crippen LogP contribution in [0.15, 0.2) is 36.5 Å². The van der Waals surface area contributed by atoms with Crippen molar-refractivity contribution < 1.29 is 27.8 Å². The van der Waals surface area contributed by atoms with Gasteiger partial charge in [-0.1, -0.05) is 11.6 Å². The number of benzene rings is 1. The summed E-state index contributed by atoms with van der Waals surface area (Å²) in [5, 5.41) is 8.47. The van der Waals surface area contributed by atoms with Gasteiger partial charge in [0.15, 0.2) is 0 Å². The molecular formula is C13H7ClF3NO3. The first-order valence-corrected chi connectivity index (χ1v) is 5.90. The number of ether oxygens (including phenoxy) is 1. The summed E-state index contributed by atoms with van der Waals surface area (Å²) in [7, 11) is 0. The number of carboxylic acids is 1. The molecule has 0 atom stereocenters. The van der Waals surface area contributed by atoms with Gasteiger partial charge in [-0.2, -0.15) is 13.2 Å². The Morgan fingerprint density at radius 1 is 1.29 bits per heavy atom. The van der Waals surface area contributed by atoms with Crippen LogP contribution in [0.25, 0.3) is 0 Å². The number of hydrogen-bond acceptors (Lipinski definition) is 3. The highest BCUT2D eigenvalue weighted by molar-refractivity contribution is 6.31. The van der Waals surface area contributed by atoms with Crippen molar-refractivity contribution in [3.63, 3.8) is 0 Å². The minimum absolute atomic E-state index is 0.215. The van der Waals surface area contributed by atoms with Gasteiger partial charge in [-0.15, -0.1) is 0 Å². The lowest BCUT2D eigenvalue weighted by molar-refractivity contribution is -0.137. The molecule has 0 fully saturated rings. The molecule has 0 unspecified atom stereocenters. The Labute approximate surface area is 121 Å². The van der Waals surface area contributed by atoms with Crippen molar-refractivity contribution in [1.82, 2.24) is 4.98 Å². The molecule has 4 nitrogen and oxygen atoms in total. The van der Waals surface area contributed by atoms with Crippen LogP contribution in [0.3, 0.4) is 0 Å². The summed E-state index contributed by atoms with van der Waals surface area (Å²) in [6, 6.07) is 5.49. The van der Waals surface area contributed by atoms with Crippen LogP contribution in [0.1, 0.15) is 15.9 Å². The zero-order valence-electron chi connectivity index (χ0n) is 10.2. The van der Waals surface area contributed by atoms with Crippen LogP contribution in [0.4, 0.5) is 13.2 Å². The molecule has 1 N–H and O–H groups in total. The molecule has 0 bridgehead atoms. The molecule has 8 heteroatoms. The fourth-order valence-corrected chi connectivity index (χ4v) is 1.76. The van der Waals surface area contributed by atoms with E-state index in [0.717, 1.165) is 6.07 Å². The summed E-state index contributed by atoms with van der Waals surface area (Å²) in [6.07, 6.45) is -3.38. The van der Waals surface area contributed by atoms with Crippen LogP contribution < -0.4 is 4.74 Å². The van der Waals surface area contributed by atoms with E-state index in [9.17, 15) is 18.0 Å². The predicted molar refractivity (Wildman–Crippen MR) is 67.7 cm³/mol. The van der Waals surface area contributed by atoms with Crippen molar-refractivity contribution in [2.75, 3.05) is 0 Å². The van der Waals surface area contributed by atoms with E-state index in [1.165, 1.54) is 24.4 Å². The van der Waals surface area contributed by atoms with Crippen molar-refractivity contribution in [3.05, 3.63) is 52.7 Å². The first-order valence-electron chi connectivity index (χ1n) is 5.52. The van der Waals surface area contributed by atoms with Gasteiger partial charge in [0.25, 0.3) is 0 Å². The smallest absolute Gasteiger partial charge is 0.417 e. The maximum Gasteiger partial charge on any atom is 0.417 e. The van der Waals surface area contributed by atoms with Gasteiger partial charge in [-0.3, -0.25) is 0 Å². The normalized spacial score (nSPS) is 11.2. The number of rotatable bonds is 3. The quantitative estimate of drug-likeness (QED) is 0.919. The number of aromatic nitrogens is 1. The van der Waals surface area contributed by atoms with Crippen molar-refractivity contribution in [2.24, 2.45) is 0 Å². The molecule has 0 aliphatic carbocycles. The molecule has 0 spiro atoms. The summed E-state index contributed by atoms with van der Waals surface area (Å²) >= 11 is 5.48. The molecule has 0 radical (unpaired) electrons. The molecule has 0 aliphatic rings. The number of alkyl halides is 3. The maximum atomic E-state index is 12.7. The first-order chi connectivity index (χ1) is 9.79. The molecule has 0 amide bonds. The number of halogens is 4. The van der Waals surface area contributed by atoms with E-state index in [0.29, 0.717) is 6.07 Å². The van der Waals surface area contributed by atoms with E-state index in [1.807, 2.05) is 0 Å². The zero-order valence-corrected chi connectivity index (χ0v) is 10.9. The number of pyridine rings is 1. The molecular weight excluding hydrogens is 311 g/mol. The molecule has 0 saturated carbocycles. The summed E-state index contributed by atoms with van der Waals surface area (Å²) in [4.78, 5) is 14.7. The zero-order chi connectivity index (χ0) is 15.6. The van der Waals surface area contributed by atoms with Gasteiger partial charge < -0.3 is 9.84 Å². The number of carboxylic acid groups (broad SMARTS) is 1. The van der Waals surface area contributed by atoms with E-state index in [2.05, 4.69) is 4.98 Å². The third-order valence-corrected chi connectivity index (χ3v) is 2.79. The van der Waals surface area contributed by atoms with E-state index >= 15 is 0 Å². The van der Waals surface area contributed by atoms with E-state index in [1.54, 1.807) is 0 Å². The Balaban J connectivity index is 2.40. The Morgan fingerprint density at radius 3 is 2.62 bits per heavy atom. The second-order valence-corrected chi connectivity index (χ2v) is 4.31. The van der Waals surface area contributed by atoms with Gasteiger partial charge in [0, 0.05) is 6.20 Å². The van der Waals surface area contributed by atoms with Crippen LogP contribution >= 0.6 is 11.6 Å². The molecule has 0 saturated heterocycles.